The molecule has 0 saturated heterocycles. The lowest BCUT2D eigenvalue weighted by Gasteiger charge is -2.01. The molecule has 0 unspecified atom stereocenters. The smallest absolute Gasteiger partial charge is 0.251 e. The van der Waals surface area contributed by atoms with Crippen molar-refractivity contribution in [2.24, 2.45) is 0 Å². The highest BCUT2D eigenvalue weighted by molar-refractivity contribution is 6.64. The second kappa shape index (κ2) is 4.77. The van der Waals surface area contributed by atoms with Gasteiger partial charge in [0.15, 0.2) is 0 Å². The molecule has 4 heteroatoms. The first-order chi connectivity index (χ1) is 6.59. The van der Waals surface area contributed by atoms with Gasteiger partial charge in [0.2, 0.25) is 5.24 Å². The van der Waals surface area contributed by atoms with E-state index < -0.39 is 5.24 Å². The summed E-state index contributed by atoms with van der Waals surface area (Å²) in [4.78, 5) is 21.7. The van der Waals surface area contributed by atoms with Crippen molar-refractivity contribution in [2.75, 3.05) is 6.54 Å². The average molecular weight is 212 g/mol. The number of hydrogen-bond donors (Lipinski definition) is 1. The van der Waals surface area contributed by atoms with Crippen molar-refractivity contribution >= 4 is 22.8 Å². The fraction of sp³-hybridized carbons (Fsp3) is 0.200. The topological polar surface area (TPSA) is 46.2 Å². The Bertz CT molecular complexity index is 346. The van der Waals surface area contributed by atoms with E-state index in [0.717, 1.165) is 5.56 Å². The summed E-state index contributed by atoms with van der Waals surface area (Å²) >= 11 is 5.08. The quantitative estimate of drug-likeness (QED) is 0.770. The van der Waals surface area contributed by atoms with Gasteiger partial charge in [0.05, 0.1) is 6.54 Å². The summed E-state index contributed by atoms with van der Waals surface area (Å²) in [5, 5.41) is 1.82. The molecule has 0 saturated carbocycles. The van der Waals surface area contributed by atoms with Crippen molar-refractivity contribution in [3.05, 3.63) is 35.4 Å². The minimum atomic E-state index is -0.578. The highest BCUT2D eigenvalue weighted by atomic mass is 35.5. The zero-order valence-electron chi connectivity index (χ0n) is 7.71. The molecule has 0 aromatic heterocycles. The van der Waals surface area contributed by atoms with E-state index >= 15 is 0 Å². The van der Waals surface area contributed by atoms with Crippen molar-refractivity contribution in [3.63, 3.8) is 0 Å². The van der Waals surface area contributed by atoms with Crippen LogP contribution < -0.4 is 5.32 Å². The molecular weight excluding hydrogens is 202 g/mol. The summed E-state index contributed by atoms with van der Waals surface area (Å²) in [6.07, 6.45) is 0. The normalized spacial score (nSPS) is 9.57. The first-order valence-electron chi connectivity index (χ1n) is 4.13. The highest BCUT2D eigenvalue weighted by Gasteiger charge is 2.05. The van der Waals surface area contributed by atoms with E-state index in [0.29, 0.717) is 5.56 Å². The maximum Gasteiger partial charge on any atom is 0.251 e. The van der Waals surface area contributed by atoms with E-state index in [4.69, 9.17) is 11.6 Å². The molecule has 0 fully saturated rings. The molecule has 74 valence electrons. The molecule has 0 aliphatic carbocycles. The number of carbonyl (C=O) groups is 2. The molecule has 1 N–H and O–H groups in total. The van der Waals surface area contributed by atoms with Gasteiger partial charge < -0.3 is 5.32 Å². The number of amides is 1. The van der Waals surface area contributed by atoms with Crippen LogP contribution in [0.15, 0.2) is 24.3 Å². The minimum absolute atomic E-state index is 0.145. The van der Waals surface area contributed by atoms with Crippen molar-refractivity contribution in [1.29, 1.82) is 0 Å². The van der Waals surface area contributed by atoms with Gasteiger partial charge in [-0.15, -0.1) is 0 Å². The van der Waals surface area contributed by atoms with Crippen molar-refractivity contribution in [3.8, 4) is 0 Å². The standard InChI is InChI=1S/C10H10ClNO2/c1-7-2-4-8(5-3-7)10(14)12-6-9(11)13/h2-5H,6H2,1H3,(H,12,14). The minimum Gasteiger partial charge on any atom is -0.344 e. The molecule has 3 nitrogen and oxygen atoms in total. The molecular formula is C10H10ClNO2. The maximum atomic E-state index is 11.3. The van der Waals surface area contributed by atoms with Crippen LogP contribution in [0.4, 0.5) is 0 Å². The zero-order valence-corrected chi connectivity index (χ0v) is 8.47. The molecule has 0 radical (unpaired) electrons. The Kier molecular flexibility index (Phi) is 3.65. The van der Waals surface area contributed by atoms with Gasteiger partial charge in [-0.2, -0.15) is 0 Å². The third kappa shape index (κ3) is 3.18. The maximum absolute atomic E-state index is 11.3. The lowest BCUT2D eigenvalue weighted by Crippen LogP contribution is -2.27. The molecule has 0 bridgehead atoms. The number of halogens is 1. The Morgan fingerprint density at radius 1 is 1.29 bits per heavy atom. The van der Waals surface area contributed by atoms with E-state index in [9.17, 15) is 9.59 Å². The summed E-state index contributed by atoms with van der Waals surface area (Å²) in [5.74, 6) is -0.293. The highest BCUT2D eigenvalue weighted by Crippen LogP contribution is 2.02. The SMILES string of the molecule is Cc1ccc(C(=O)NCC(=O)Cl)cc1. The van der Waals surface area contributed by atoms with Gasteiger partial charge in [0.1, 0.15) is 0 Å². The van der Waals surface area contributed by atoms with Gasteiger partial charge >= 0.3 is 0 Å². The summed E-state index contributed by atoms with van der Waals surface area (Å²) < 4.78 is 0. The summed E-state index contributed by atoms with van der Waals surface area (Å²) in [6, 6.07) is 7.06. The number of aryl methyl sites for hydroxylation is 1. The lowest BCUT2D eigenvalue weighted by atomic mass is 10.1. The molecule has 1 amide bonds. The first-order valence-corrected chi connectivity index (χ1v) is 4.50. The Hall–Kier alpha value is -1.35. The number of rotatable bonds is 3. The van der Waals surface area contributed by atoms with Crippen LogP contribution in [0, 0.1) is 6.92 Å². The third-order valence-electron chi connectivity index (χ3n) is 1.70. The zero-order chi connectivity index (χ0) is 10.6. The fourth-order valence-electron chi connectivity index (χ4n) is 0.957. The Balaban J connectivity index is 2.61. The van der Waals surface area contributed by atoms with Gasteiger partial charge in [-0.1, -0.05) is 17.7 Å². The van der Waals surface area contributed by atoms with E-state index in [1.165, 1.54) is 0 Å². The summed E-state index contributed by atoms with van der Waals surface area (Å²) in [6.45, 7) is 1.79. The van der Waals surface area contributed by atoms with Crippen LogP contribution in [0.2, 0.25) is 0 Å². The van der Waals surface area contributed by atoms with E-state index in [1.807, 2.05) is 19.1 Å². The van der Waals surface area contributed by atoms with Crippen molar-refractivity contribution in [2.45, 2.75) is 6.92 Å². The average Bonchev–Trinajstić information content (AvgIpc) is 2.15. The summed E-state index contributed by atoms with van der Waals surface area (Å²) in [7, 11) is 0. The molecule has 0 atom stereocenters. The number of hydrogen-bond acceptors (Lipinski definition) is 2. The van der Waals surface area contributed by atoms with Gasteiger partial charge in [-0.3, -0.25) is 9.59 Å². The van der Waals surface area contributed by atoms with Crippen LogP contribution in [0.5, 0.6) is 0 Å². The van der Waals surface area contributed by atoms with Crippen molar-refractivity contribution in [1.82, 2.24) is 5.32 Å². The Morgan fingerprint density at radius 3 is 2.36 bits per heavy atom. The van der Waals surface area contributed by atoms with E-state index in [-0.39, 0.29) is 12.5 Å². The van der Waals surface area contributed by atoms with Crippen LogP contribution in [-0.2, 0) is 4.79 Å². The van der Waals surface area contributed by atoms with Crippen LogP contribution in [-0.4, -0.2) is 17.7 Å². The van der Waals surface area contributed by atoms with Gasteiger partial charge in [0, 0.05) is 5.56 Å². The van der Waals surface area contributed by atoms with Crippen LogP contribution in [0.1, 0.15) is 15.9 Å². The molecule has 0 heterocycles. The molecule has 1 rings (SSSR count). The van der Waals surface area contributed by atoms with Crippen LogP contribution >= 0.6 is 11.6 Å². The monoisotopic (exact) mass is 211 g/mol. The predicted octanol–water partition coefficient (Wildman–Crippen LogP) is 1.49. The molecule has 0 aliphatic heterocycles. The van der Waals surface area contributed by atoms with Crippen molar-refractivity contribution < 1.29 is 9.59 Å². The molecule has 1 aromatic rings. The number of nitrogens with one attached hydrogen (secondary N) is 1. The number of benzene rings is 1. The predicted molar refractivity (Wildman–Crippen MR) is 54.4 cm³/mol. The summed E-state index contributed by atoms with van der Waals surface area (Å²) in [5.41, 5.74) is 1.60. The third-order valence-corrected chi connectivity index (χ3v) is 1.84. The van der Waals surface area contributed by atoms with E-state index in [1.54, 1.807) is 12.1 Å². The largest absolute Gasteiger partial charge is 0.344 e. The molecule has 1 aromatic carbocycles. The number of carbonyl (C=O) groups excluding carboxylic acids is 2. The lowest BCUT2D eigenvalue weighted by molar-refractivity contribution is -0.110. The molecule has 0 spiro atoms. The fourth-order valence-corrected chi connectivity index (χ4v) is 1.02. The Labute approximate surface area is 87.1 Å². The molecule has 14 heavy (non-hydrogen) atoms. The second-order valence-corrected chi connectivity index (χ2v) is 3.33. The Morgan fingerprint density at radius 2 is 1.86 bits per heavy atom. The van der Waals surface area contributed by atoms with Crippen LogP contribution in [0.25, 0.3) is 0 Å². The van der Waals surface area contributed by atoms with E-state index in [2.05, 4.69) is 5.32 Å². The van der Waals surface area contributed by atoms with Gasteiger partial charge in [-0.05, 0) is 30.7 Å². The second-order valence-electron chi connectivity index (χ2n) is 2.90. The van der Waals surface area contributed by atoms with Gasteiger partial charge in [0.25, 0.3) is 5.91 Å². The first kappa shape index (κ1) is 10.7. The molecule has 0 aliphatic rings. The van der Waals surface area contributed by atoms with Gasteiger partial charge in [-0.25, -0.2) is 0 Å². The van der Waals surface area contributed by atoms with Crippen LogP contribution in [0.3, 0.4) is 0 Å².